The van der Waals surface area contributed by atoms with Crippen LogP contribution in [0.1, 0.15) is 52.2 Å². The monoisotopic (exact) mass is 546 g/mol. The fraction of sp³-hybridized carbons (Fsp3) is 0.375. The zero-order valence-electron chi connectivity index (χ0n) is 23.1. The van der Waals surface area contributed by atoms with Crippen molar-refractivity contribution < 1.29 is 19.4 Å². The van der Waals surface area contributed by atoms with Gasteiger partial charge in [-0.15, -0.1) is 0 Å². The molecule has 204 valence electrons. The van der Waals surface area contributed by atoms with E-state index in [2.05, 4.69) is 13.8 Å². The minimum Gasteiger partial charge on any atom is -0.444 e. The number of para-hydroxylation sites is 1. The van der Waals surface area contributed by atoms with Crippen molar-refractivity contribution in [2.24, 2.45) is 5.92 Å². The lowest BCUT2D eigenvalue weighted by molar-refractivity contribution is -0.123. The topological polar surface area (TPSA) is 70.1 Å². The molecule has 39 heavy (non-hydrogen) atoms. The molecule has 1 saturated heterocycles. The summed E-state index contributed by atoms with van der Waals surface area (Å²) in [6.07, 6.45) is 0.145. The Labute approximate surface area is 235 Å². The van der Waals surface area contributed by atoms with Crippen LogP contribution in [-0.2, 0) is 21.6 Å². The number of aliphatic hydroxyl groups is 1. The van der Waals surface area contributed by atoms with Crippen LogP contribution in [0.3, 0.4) is 0 Å². The van der Waals surface area contributed by atoms with E-state index in [1.165, 1.54) is 0 Å². The molecule has 1 fully saturated rings. The maximum absolute atomic E-state index is 14.6. The molecule has 0 aromatic heterocycles. The third-order valence-electron chi connectivity index (χ3n) is 7.72. The van der Waals surface area contributed by atoms with E-state index < -0.39 is 11.0 Å². The Morgan fingerprint density at radius 1 is 1.08 bits per heavy atom. The quantitative estimate of drug-likeness (QED) is 0.379. The van der Waals surface area contributed by atoms with Crippen molar-refractivity contribution in [1.29, 1.82) is 0 Å². The molecule has 1 N–H and O–H groups in total. The Balaban J connectivity index is 1.58. The number of rotatable bonds is 4. The molecule has 2 atom stereocenters. The molecule has 3 aromatic rings. The maximum Gasteiger partial charge on any atom is 0.410 e. The first-order valence-corrected chi connectivity index (χ1v) is 13.8. The highest BCUT2D eigenvalue weighted by molar-refractivity contribution is 6.31. The number of carbonyl (C=O) groups is 2. The molecule has 0 saturated carbocycles. The molecule has 0 aliphatic carbocycles. The predicted octanol–water partition coefficient (Wildman–Crippen LogP) is 7.08. The van der Waals surface area contributed by atoms with E-state index in [9.17, 15) is 14.7 Å². The largest absolute Gasteiger partial charge is 0.444 e. The van der Waals surface area contributed by atoms with E-state index in [4.69, 9.17) is 16.3 Å². The van der Waals surface area contributed by atoms with E-state index >= 15 is 0 Å². The molecule has 5 rings (SSSR count). The molecule has 2 amide bonds. The van der Waals surface area contributed by atoms with Crippen molar-refractivity contribution >= 4 is 35.0 Å². The van der Waals surface area contributed by atoms with Crippen LogP contribution >= 0.6 is 11.6 Å². The molecule has 2 aliphatic heterocycles. The summed E-state index contributed by atoms with van der Waals surface area (Å²) in [5, 5.41) is 9.99. The fourth-order valence-electron chi connectivity index (χ4n) is 6.24. The Kier molecular flexibility index (Phi) is 6.98. The van der Waals surface area contributed by atoms with Crippen LogP contribution in [-0.4, -0.2) is 40.2 Å². The zero-order valence-corrected chi connectivity index (χ0v) is 23.8. The van der Waals surface area contributed by atoms with Crippen molar-refractivity contribution in [2.45, 2.75) is 64.7 Å². The van der Waals surface area contributed by atoms with Crippen LogP contribution in [0, 0.1) is 5.92 Å². The SMILES string of the molecule is CC(C)C1N(C(=O)OC(C)(C)C)CCC12C(=O)N(c1cccc(-c3ccc(CO)c(Cl)c3)c1)c1ccccc12. The van der Waals surface area contributed by atoms with Gasteiger partial charge >= 0.3 is 6.09 Å². The summed E-state index contributed by atoms with van der Waals surface area (Å²) in [4.78, 5) is 31.5. The first-order chi connectivity index (χ1) is 18.5. The predicted molar refractivity (Wildman–Crippen MR) is 154 cm³/mol. The summed E-state index contributed by atoms with van der Waals surface area (Å²) in [6.45, 7) is 10.0. The Morgan fingerprint density at radius 2 is 1.79 bits per heavy atom. The second kappa shape index (κ2) is 10.00. The maximum atomic E-state index is 14.6. The van der Waals surface area contributed by atoms with Gasteiger partial charge in [-0.1, -0.05) is 67.9 Å². The van der Waals surface area contributed by atoms with Gasteiger partial charge in [0.1, 0.15) is 5.60 Å². The fourth-order valence-corrected chi connectivity index (χ4v) is 6.48. The van der Waals surface area contributed by atoms with E-state index in [1.807, 2.05) is 87.5 Å². The summed E-state index contributed by atoms with van der Waals surface area (Å²) in [5.74, 6) is -0.00485. The number of hydrogen-bond acceptors (Lipinski definition) is 4. The number of ether oxygens (including phenoxy) is 1. The lowest BCUT2D eigenvalue weighted by Crippen LogP contribution is -2.53. The number of carbonyl (C=O) groups excluding carboxylic acids is 2. The summed E-state index contributed by atoms with van der Waals surface area (Å²) >= 11 is 6.38. The van der Waals surface area contributed by atoms with Gasteiger partial charge in [0.25, 0.3) is 0 Å². The number of nitrogens with zero attached hydrogens (tertiary/aromatic N) is 2. The highest BCUT2D eigenvalue weighted by Crippen LogP contribution is 2.54. The van der Waals surface area contributed by atoms with Crippen molar-refractivity contribution in [3.8, 4) is 11.1 Å². The molecular weight excluding hydrogens is 512 g/mol. The van der Waals surface area contributed by atoms with Gasteiger partial charge in [-0.2, -0.15) is 0 Å². The first kappa shape index (κ1) is 27.2. The van der Waals surface area contributed by atoms with Gasteiger partial charge in [0.2, 0.25) is 5.91 Å². The summed E-state index contributed by atoms with van der Waals surface area (Å²) in [7, 11) is 0. The van der Waals surface area contributed by atoms with Gasteiger partial charge in [-0.3, -0.25) is 9.69 Å². The summed E-state index contributed by atoms with van der Waals surface area (Å²) in [6, 6.07) is 21.0. The first-order valence-electron chi connectivity index (χ1n) is 13.4. The number of amides is 2. The molecule has 0 bridgehead atoms. The van der Waals surface area contributed by atoms with Crippen LogP contribution < -0.4 is 4.90 Å². The molecule has 2 unspecified atom stereocenters. The van der Waals surface area contributed by atoms with Gasteiger partial charge in [0, 0.05) is 17.3 Å². The Hall–Kier alpha value is -3.35. The van der Waals surface area contributed by atoms with Crippen LogP contribution in [0.15, 0.2) is 66.7 Å². The van der Waals surface area contributed by atoms with E-state index in [0.29, 0.717) is 23.6 Å². The Morgan fingerprint density at radius 3 is 2.46 bits per heavy atom. The van der Waals surface area contributed by atoms with Gasteiger partial charge in [0.05, 0.1) is 23.8 Å². The smallest absolute Gasteiger partial charge is 0.410 e. The zero-order chi connectivity index (χ0) is 28.1. The third kappa shape index (κ3) is 4.60. The number of anilines is 2. The van der Waals surface area contributed by atoms with Crippen molar-refractivity contribution in [3.63, 3.8) is 0 Å². The minimum absolute atomic E-state index is 0.0236. The van der Waals surface area contributed by atoms with Crippen molar-refractivity contribution in [3.05, 3.63) is 82.9 Å². The van der Waals surface area contributed by atoms with Crippen LogP contribution in [0.25, 0.3) is 11.1 Å². The molecule has 2 aliphatic rings. The number of halogens is 1. The number of hydrogen-bond donors (Lipinski definition) is 1. The van der Waals surface area contributed by atoms with Crippen LogP contribution in [0.5, 0.6) is 0 Å². The minimum atomic E-state index is -0.871. The van der Waals surface area contributed by atoms with Gasteiger partial charge in [-0.25, -0.2) is 4.79 Å². The van der Waals surface area contributed by atoms with Gasteiger partial charge < -0.3 is 14.7 Å². The molecular formula is C32H35ClN2O4. The standard InChI is InChI=1S/C32H35ClN2O4/c1-20(2)28-32(15-16-34(28)30(38)39-31(3,4)5)25-11-6-7-12-27(25)35(29(32)37)24-10-8-9-21(17-24)22-13-14-23(19-36)26(33)18-22/h6-14,17-18,20,28,36H,15-16,19H2,1-5H3. The lowest BCUT2D eigenvalue weighted by atomic mass is 9.71. The normalized spacial score (nSPS) is 20.7. The van der Waals surface area contributed by atoms with Gasteiger partial charge in [0.15, 0.2) is 0 Å². The molecule has 7 heteroatoms. The molecule has 6 nitrogen and oxygen atoms in total. The van der Waals surface area contributed by atoms with Crippen molar-refractivity contribution in [1.82, 2.24) is 4.90 Å². The molecule has 2 heterocycles. The highest BCUT2D eigenvalue weighted by atomic mass is 35.5. The van der Waals surface area contributed by atoms with Crippen LogP contribution in [0.4, 0.5) is 16.2 Å². The molecule has 3 aromatic carbocycles. The van der Waals surface area contributed by atoms with Crippen molar-refractivity contribution in [2.75, 3.05) is 11.4 Å². The lowest BCUT2D eigenvalue weighted by Gasteiger charge is -2.37. The second-order valence-electron chi connectivity index (χ2n) is 11.8. The number of aliphatic hydroxyl groups excluding tert-OH is 1. The van der Waals surface area contributed by atoms with Crippen LogP contribution in [0.2, 0.25) is 5.02 Å². The second-order valence-corrected chi connectivity index (χ2v) is 12.2. The third-order valence-corrected chi connectivity index (χ3v) is 8.07. The number of likely N-dealkylation sites (tertiary alicyclic amines) is 1. The molecule has 1 spiro atoms. The van der Waals surface area contributed by atoms with E-state index in [1.54, 1.807) is 9.80 Å². The van der Waals surface area contributed by atoms with E-state index in [-0.39, 0.29) is 30.6 Å². The number of benzene rings is 3. The highest BCUT2D eigenvalue weighted by Gasteiger charge is 2.62. The van der Waals surface area contributed by atoms with Gasteiger partial charge in [-0.05, 0) is 79.6 Å². The average molecular weight is 547 g/mol. The summed E-state index contributed by atoms with van der Waals surface area (Å²) < 4.78 is 5.77. The van der Waals surface area contributed by atoms with E-state index in [0.717, 1.165) is 28.1 Å². The summed E-state index contributed by atoms with van der Waals surface area (Å²) in [5.41, 5.74) is 3.50. The Bertz CT molecular complexity index is 1430. The number of fused-ring (bicyclic) bond motifs is 2. The average Bonchev–Trinajstić information content (AvgIpc) is 3.41. The molecule has 0 radical (unpaired) electrons.